The molecule has 0 unspecified atom stereocenters. The van der Waals surface area contributed by atoms with Crippen molar-refractivity contribution in [3.05, 3.63) is 0 Å². The SMILES string of the molecule is CCCCCNC1CCC(C)CC1. The zero-order valence-corrected chi connectivity index (χ0v) is 9.31. The summed E-state index contributed by atoms with van der Waals surface area (Å²) in [5.74, 6) is 0.980. The molecule has 0 aliphatic heterocycles. The van der Waals surface area contributed by atoms with Crippen molar-refractivity contribution in [3.63, 3.8) is 0 Å². The maximum atomic E-state index is 3.68. The third kappa shape index (κ3) is 4.66. The van der Waals surface area contributed by atoms with E-state index >= 15 is 0 Å². The molecule has 0 aromatic carbocycles. The van der Waals surface area contributed by atoms with Crippen LogP contribution in [0.5, 0.6) is 0 Å². The van der Waals surface area contributed by atoms with Crippen LogP contribution >= 0.6 is 0 Å². The van der Waals surface area contributed by atoms with Gasteiger partial charge in [-0.15, -0.1) is 0 Å². The van der Waals surface area contributed by atoms with E-state index in [2.05, 4.69) is 19.2 Å². The summed E-state index contributed by atoms with van der Waals surface area (Å²) in [7, 11) is 0. The molecule has 0 saturated heterocycles. The predicted octanol–water partition coefficient (Wildman–Crippen LogP) is 3.34. The molecule has 0 heterocycles. The minimum atomic E-state index is 0.841. The lowest BCUT2D eigenvalue weighted by molar-refractivity contribution is 0.306. The molecule has 1 N–H and O–H groups in total. The van der Waals surface area contributed by atoms with E-state index in [0.717, 1.165) is 12.0 Å². The zero-order chi connectivity index (χ0) is 9.52. The van der Waals surface area contributed by atoms with Gasteiger partial charge in [-0.05, 0) is 44.6 Å². The van der Waals surface area contributed by atoms with Crippen LogP contribution in [0.15, 0.2) is 0 Å². The summed E-state index contributed by atoms with van der Waals surface area (Å²) >= 11 is 0. The van der Waals surface area contributed by atoms with Gasteiger partial charge in [0.05, 0.1) is 0 Å². The van der Waals surface area contributed by atoms with Crippen LogP contribution in [0, 0.1) is 5.92 Å². The highest BCUT2D eigenvalue weighted by molar-refractivity contribution is 4.74. The van der Waals surface area contributed by atoms with Crippen LogP contribution in [0.1, 0.15) is 58.8 Å². The summed E-state index contributed by atoms with van der Waals surface area (Å²) in [6.45, 7) is 5.89. The molecule has 0 aromatic heterocycles. The van der Waals surface area contributed by atoms with E-state index in [1.807, 2.05) is 0 Å². The monoisotopic (exact) mass is 183 g/mol. The third-order valence-corrected chi connectivity index (χ3v) is 3.23. The van der Waals surface area contributed by atoms with E-state index in [-0.39, 0.29) is 0 Å². The second-order valence-electron chi connectivity index (χ2n) is 4.62. The molecular formula is C12H25N. The Kier molecular flexibility index (Phi) is 5.45. The zero-order valence-electron chi connectivity index (χ0n) is 9.31. The van der Waals surface area contributed by atoms with Crippen LogP contribution in [0.2, 0.25) is 0 Å². The Morgan fingerprint density at radius 3 is 2.38 bits per heavy atom. The number of rotatable bonds is 5. The van der Waals surface area contributed by atoms with E-state index in [9.17, 15) is 0 Å². The number of unbranched alkanes of at least 4 members (excludes halogenated alkanes) is 2. The molecule has 1 aliphatic rings. The minimum absolute atomic E-state index is 0.841. The molecule has 0 amide bonds. The minimum Gasteiger partial charge on any atom is -0.314 e. The van der Waals surface area contributed by atoms with E-state index in [1.54, 1.807) is 0 Å². The van der Waals surface area contributed by atoms with Gasteiger partial charge in [0.15, 0.2) is 0 Å². The molecule has 1 heteroatoms. The van der Waals surface area contributed by atoms with Gasteiger partial charge in [-0.25, -0.2) is 0 Å². The number of hydrogen-bond donors (Lipinski definition) is 1. The van der Waals surface area contributed by atoms with Crippen molar-refractivity contribution in [2.45, 2.75) is 64.8 Å². The first-order chi connectivity index (χ1) is 6.33. The lowest BCUT2D eigenvalue weighted by Gasteiger charge is -2.27. The van der Waals surface area contributed by atoms with E-state index < -0.39 is 0 Å². The van der Waals surface area contributed by atoms with Crippen molar-refractivity contribution in [2.75, 3.05) is 6.54 Å². The molecule has 0 spiro atoms. The number of nitrogens with one attached hydrogen (secondary N) is 1. The van der Waals surface area contributed by atoms with Crippen molar-refractivity contribution in [1.82, 2.24) is 5.32 Å². The first-order valence-electron chi connectivity index (χ1n) is 6.06. The predicted molar refractivity (Wildman–Crippen MR) is 58.9 cm³/mol. The van der Waals surface area contributed by atoms with Crippen LogP contribution in [0.4, 0.5) is 0 Å². The Morgan fingerprint density at radius 1 is 1.08 bits per heavy atom. The summed E-state index contributed by atoms with van der Waals surface area (Å²) < 4.78 is 0. The van der Waals surface area contributed by atoms with Gasteiger partial charge >= 0.3 is 0 Å². The number of hydrogen-bond acceptors (Lipinski definition) is 1. The summed E-state index contributed by atoms with van der Waals surface area (Å²) in [5.41, 5.74) is 0. The summed E-state index contributed by atoms with van der Waals surface area (Å²) in [4.78, 5) is 0. The Bertz CT molecular complexity index is 114. The molecule has 1 saturated carbocycles. The molecule has 0 atom stereocenters. The molecule has 1 nitrogen and oxygen atoms in total. The van der Waals surface area contributed by atoms with Crippen LogP contribution < -0.4 is 5.32 Å². The smallest absolute Gasteiger partial charge is 0.00672 e. The lowest BCUT2D eigenvalue weighted by atomic mass is 9.87. The molecule has 13 heavy (non-hydrogen) atoms. The summed E-state index contributed by atoms with van der Waals surface area (Å²) in [6.07, 6.45) is 9.78. The fraction of sp³-hybridized carbons (Fsp3) is 1.00. The highest BCUT2D eigenvalue weighted by Crippen LogP contribution is 2.23. The Balaban J connectivity index is 1.96. The highest BCUT2D eigenvalue weighted by Gasteiger charge is 2.16. The summed E-state index contributed by atoms with van der Waals surface area (Å²) in [5, 5.41) is 3.68. The highest BCUT2D eigenvalue weighted by atomic mass is 14.9. The first-order valence-corrected chi connectivity index (χ1v) is 6.06. The van der Waals surface area contributed by atoms with Crippen molar-refractivity contribution in [2.24, 2.45) is 5.92 Å². The van der Waals surface area contributed by atoms with Crippen LogP contribution in [-0.4, -0.2) is 12.6 Å². The van der Waals surface area contributed by atoms with Gasteiger partial charge in [0, 0.05) is 6.04 Å². The fourth-order valence-corrected chi connectivity index (χ4v) is 2.15. The quantitative estimate of drug-likeness (QED) is 0.645. The van der Waals surface area contributed by atoms with Gasteiger partial charge in [0.1, 0.15) is 0 Å². The molecule has 0 aromatic rings. The van der Waals surface area contributed by atoms with E-state index in [1.165, 1.54) is 51.5 Å². The average molecular weight is 183 g/mol. The second kappa shape index (κ2) is 6.42. The van der Waals surface area contributed by atoms with Crippen LogP contribution in [0.25, 0.3) is 0 Å². The molecule has 1 aliphatic carbocycles. The van der Waals surface area contributed by atoms with Crippen molar-refractivity contribution >= 4 is 0 Å². The van der Waals surface area contributed by atoms with Gasteiger partial charge in [0.2, 0.25) is 0 Å². The molecular weight excluding hydrogens is 158 g/mol. The Hall–Kier alpha value is -0.0400. The normalized spacial score (nSPS) is 29.1. The van der Waals surface area contributed by atoms with Gasteiger partial charge < -0.3 is 5.32 Å². The van der Waals surface area contributed by atoms with Crippen LogP contribution in [0.3, 0.4) is 0 Å². The van der Waals surface area contributed by atoms with Crippen molar-refractivity contribution in [3.8, 4) is 0 Å². The lowest BCUT2D eigenvalue weighted by Crippen LogP contribution is -2.33. The van der Waals surface area contributed by atoms with Crippen molar-refractivity contribution in [1.29, 1.82) is 0 Å². The third-order valence-electron chi connectivity index (χ3n) is 3.23. The van der Waals surface area contributed by atoms with E-state index in [4.69, 9.17) is 0 Å². The largest absolute Gasteiger partial charge is 0.314 e. The van der Waals surface area contributed by atoms with Crippen LogP contribution in [-0.2, 0) is 0 Å². The molecule has 0 radical (unpaired) electrons. The topological polar surface area (TPSA) is 12.0 Å². The average Bonchev–Trinajstić information content (AvgIpc) is 2.15. The molecule has 0 bridgehead atoms. The Labute approximate surface area is 83.3 Å². The van der Waals surface area contributed by atoms with Gasteiger partial charge in [-0.2, -0.15) is 0 Å². The standard InChI is InChI=1S/C12H25N/c1-3-4-5-10-13-12-8-6-11(2)7-9-12/h11-13H,3-10H2,1-2H3. The fourth-order valence-electron chi connectivity index (χ4n) is 2.15. The molecule has 1 fully saturated rings. The molecule has 1 rings (SSSR count). The summed E-state index contributed by atoms with van der Waals surface area (Å²) in [6, 6.07) is 0.841. The first kappa shape index (κ1) is 11.0. The maximum absolute atomic E-state index is 3.68. The Morgan fingerprint density at radius 2 is 1.77 bits per heavy atom. The second-order valence-corrected chi connectivity index (χ2v) is 4.62. The van der Waals surface area contributed by atoms with Gasteiger partial charge in [-0.1, -0.05) is 26.7 Å². The van der Waals surface area contributed by atoms with Crippen molar-refractivity contribution < 1.29 is 0 Å². The van der Waals surface area contributed by atoms with E-state index in [0.29, 0.717) is 0 Å². The maximum Gasteiger partial charge on any atom is 0.00672 e. The molecule has 78 valence electrons. The van der Waals surface area contributed by atoms with Gasteiger partial charge in [0.25, 0.3) is 0 Å². The van der Waals surface area contributed by atoms with Gasteiger partial charge in [-0.3, -0.25) is 0 Å².